The van der Waals surface area contributed by atoms with Crippen LogP contribution in [-0.4, -0.2) is 38.7 Å². The van der Waals surface area contributed by atoms with Gasteiger partial charge < -0.3 is 20.9 Å². The number of nitrogens with two attached hydrogens (primary N) is 1. The van der Waals surface area contributed by atoms with E-state index in [9.17, 15) is 18.3 Å². The molecule has 0 amide bonds. The topological polar surface area (TPSA) is 98.2 Å². The van der Waals surface area contributed by atoms with E-state index in [0.29, 0.717) is 34.8 Å². The minimum atomic E-state index is -2.63. The summed E-state index contributed by atoms with van der Waals surface area (Å²) in [5.74, 6) is 0. The van der Waals surface area contributed by atoms with Crippen LogP contribution in [0.1, 0.15) is 48.6 Å². The molecule has 0 aliphatic carbocycles. The number of aryl methyl sites for hydroxylation is 1. The van der Waals surface area contributed by atoms with Crippen LogP contribution in [0.25, 0.3) is 10.6 Å². The smallest absolute Gasteiger partial charge is 0.264 e. The maximum atomic E-state index is 13.9. The number of halogens is 3. The highest BCUT2D eigenvalue weighted by molar-refractivity contribution is 7.13. The number of thiazole rings is 1. The number of hydrogen-bond acceptors (Lipinski definition) is 7. The lowest BCUT2D eigenvalue weighted by Crippen LogP contribution is -2.32. The SMILES string of the molecule is Cn1ncc(NC(O)c2csc(-c3ccccc3C(F)F)n2)c1[C@@H]1CC[C@@H](N)[C@H](F)CO1. The molecule has 1 aliphatic heterocycles. The number of aromatic nitrogens is 3. The molecule has 4 N–H and O–H groups in total. The summed E-state index contributed by atoms with van der Waals surface area (Å²) in [6, 6.07) is 5.57. The van der Waals surface area contributed by atoms with Crippen molar-refractivity contribution in [2.24, 2.45) is 12.8 Å². The van der Waals surface area contributed by atoms with E-state index >= 15 is 0 Å². The highest BCUT2D eigenvalue weighted by Gasteiger charge is 2.30. The van der Waals surface area contributed by atoms with E-state index in [4.69, 9.17) is 10.5 Å². The van der Waals surface area contributed by atoms with E-state index in [0.717, 1.165) is 0 Å². The molecule has 4 rings (SSSR count). The Morgan fingerprint density at radius 3 is 2.88 bits per heavy atom. The first kappa shape index (κ1) is 22.7. The molecule has 11 heteroatoms. The summed E-state index contributed by atoms with van der Waals surface area (Å²) in [6.07, 6.45) is -3.00. The first-order valence-electron chi connectivity index (χ1n) is 10.2. The molecule has 0 spiro atoms. The zero-order valence-corrected chi connectivity index (χ0v) is 18.1. The van der Waals surface area contributed by atoms with Gasteiger partial charge in [0.2, 0.25) is 0 Å². The summed E-state index contributed by atoms with van der Waals surface area (Å²) in [7, 11) is 1.73. The van der Waals surface area contributed by atoms with Crippen LogP contribution in [0.5, 0.6) is 0 Å². The Hall–Kier alpha value is -2.47. The zero-order valence-electron chi connectivity index (χ0n) is 17.3. The van der Waals surface area contributed by atoms with Gasteiger partial charge in [-0.05, 0) is 12.8 Å². The highest BCUT2D eigenvalue weighted by Crippen LogP contribution is 2.36. The third kappa shape index (κ3) is 4.65. The summed E-state index contributed by atoms with van der Waals surface area (Å²) in [5.41, 5.74) is 7.50. The van der Waals surface area contributed by atoms with Gasteiger partial charge in [0.05, 0.1) is 24.2 Å². The van der Waals surface area contributed by atoms with Crippen LogP contribution in [0, 0.1) is 0 Å². The molecule has 0 radical (unpaired) electrons. The van der Waals surface area contributed by atoms with Crippen molar-refractivity contribution >= 4 is 17.0 Å². The van der Waals surface area contributed by atoms with Gasteiger partial charge >= 0.3 is 0 Å². The van der Waals surface area contributed by atoms with Gasteiger partial charge in [-0.25, -0.2) is 18.2 Å². The lowest BCUT2D eigenvalue weighted by molar-refractivity contribution is 0.0246. The minimum Gasteiger partial charge on any atom is -0.369 e. The van der Waals surface area contributed by atoms with Crippen LogP contribution < -0.4 is 11.1 Å². The fraction of sp³-hybridized carbons (Fsp3) is 0.429. The van der Waals surface area contributed by atoms with Crippen molar-refractivity contribution in [2.45, 2.75) is 43.8 Å². The van der Waals surface area contributed by atoms with Crippen molar-refractivity contribution in [3.63, 3.8) is 0 Å². The Bertz CT molecular complexity index is 1050. The maximum absolute atomic E-state index is 13.9. The van der Waals surface area contributed by atoms with E-state index < -0.39 is 31.0 Å². The number of anilines is 1. The lowest BCUT2D eigenvalue weighted by atomic mass is 10.0. The fourth-order valence-corrected chi connectivity index (χ4v) is 4.62. The second kappa shape index (κ2) is 9.57. The average molecular weight is 468 g/mol. The predicted molar refractivity (Wildman–Crippen MR) is 115 cm³/mol. The third-order valence-corrected chi connectivity index (χ3v) is 6.39. The fourth-order valence-electron chi connectivity index (χ4n) is 3.73. The van der Waals surface area contributed by atoms with E-state index in [1.165, 1.54) is 17.4 Å². The largest absolute Gasteiger partial charge is 0.369 e. The summed E-state index contributed by atoms with van der Waals surface area (Å²) in [4.78, 5) is 4.35. The quantitative estimate of drug-likeness (QED) is 0.472. The molecule has 3 heterocycles. The average Bonchev–Trinajstić information content (AvgIpc) is 3.37. The molecule has 4 atom stereocenters. The Kier molecular flexibility index (Phi) is 6.79. The molecule has 2 aromatic heterocycles. The van der Waals surface area contributed by atoms with Crippen LogP contribution in [-0.2, 0) is 11.8 Å². The van der Waals surface area contributed by atoms with Gasteiger partial charge in [0.1, 0.15) is 23.0 Å². The molecule has 1 aromatic carbocycles. The number of alkyl halides is 3. The number of aliphatic hydroxyl groups is 1. The van der Waals surface area contributed by atoms with Gasteiger partial charge in [-0.15, -0.1) is 11.3 Å². The first-order chi connectivity index (χ1) is 15.3. The number of aliphatic hydroxyl groups excluding tert-OH is 1. The summed E-state index contributed by atoms with van der Waals surface area (Å²) >= 11 is 1.17. The molecule has 32 heavy (non-hydrogen) atoms. The molecule has 7 nitrogen and oxygen atoms in total. The van der Waals surface area contributed by atoms with Crippen molar-refractivity contribution < 1.29 is 23.0 Å². The number of hydrogen-bond donors (Lipinski definition) is 3. The van der Waals surface area contributed by atoms with Gasteiger partial charge in [0.25, 0.3) is 6.43 Å². The van der Waals surface area contributed by atoms with E-state index in [-0.39, 0.29) is 17.9 Å². The van der Waals surface area contributed by atoms with E-state index in [2.05, 4.69) is 15.4 Å². The first-order valence-corrected chi connectivity index (χ1v) is 11.0. The van der Waals surface area contributed by atoms with Crippen LogP contribution in [0.3, 0.4) is 0 Å². The molecule has 3 aromatic rings. The van der Waals surface area contributed by atoms with E-state index in [1.807, 2.05) is 0 Å². The molecule has 1 aliphatic rings. The molecule has 0 bridgehead atoms. The number of rotatable bonds is 6. The van der Waals surface area contributed by atoms with Gasteiger partial charge in [-0.1, -0.05) is 24.3 Å². The lowest BCUT2D eigenvalue weighted by Gasteiger charge is -2.19. The minimum absolute atomic E-state index is 0.111. The van der Waals surface area contributed by atoms with E-state index in [1.54, 1.807) is 41.5 Å². The summed E-state index contributed by atoms with van der Waals surface area (Å²) in [6.45, 7) is -0.113. The highest BCUT2D eigenvalue weighted by atomic mass is 32.1. The monoisotopic (exact) mass is 467 g/mol. The van der Waals surface area contributed by atoms with Crippen LogP contribution in [0.2, 0.25) is 0 Å². The molecule has 1 fully saturated rings. The predicted octanol–water partition coefficient (Wildman–Crippen LogP) is 4.10. The Balaban J connectivity index is 1.53. The van der Waals surface area contributed by atoms with Gasteiger partial charge in [-0.2, -0.15) is 5.10 Å². The van der Waals surface area contributed by atoms with Crippen molar-refractivity contribution in [3.05, 3.63) is 52.8 Å². The second-order valence-corrected chi connectivity index (χ2v) is 8.52. The van der Waals surface area contributed by atoms with Gasteiger partial charge in [-0.3, -0.25) is 4.68 Å². The Morgan fingerprint density at radius 1 is 1.31 bits per heavy atom. The van der Waals surface area contributed by atoms with Gasteiger partial charge in [0, 0.05) is 29.6 Å². The normalized spacial score (nSPS) is 22.7. The number of nitrogens with zero attached hydrogens (tertiary/aromatic N) is 3. The van der Waals surface area contributed by atoms with Crippen molar-refractivity contribution in [2.75, 3.05) is 11.9 Å². The summed E-state index contributed by atoms with van der Waals surface area (Å²) < 4.78 is 47.9. The van der Waals surface area contributed by atoms with Crippen LogP contribution in [0.4, 0.5) is 18.9 Å². The summed E-state index contributed by atoms with van der Waals surface area (Å²) in [5, 5.41) is 19.9. The molecule has 1 unspecified atom stereocenters. The number of ether oxygens (including phenoxy) is 1. The van der Waals surface area contributed by atoms with Gasteiger partial charge in [0.15, 0.2) is 6.23 Å². The van der Waals surface area contributed by atoms with Crippen molar-refractivity contribution in [1.82, 2.24) is 14.8 Å². The molecule has 172 valence electrons. The van der Waals surface area contributed by atoms with Crippen molar-refractivity contribution in [3.8, 4) is 10.6 Å². The second-order valence-electron chi connectivity index (χ2n) is 7.66. The molecular weight excluding hydrogens is 443 g/mol. The standard InChI is InChI=1S/C21H24F3N5O2S/c1-29-18(17-7-6-14(25)13(22)9-31-17)15(8-26-29)27-20(30)16-10-32-21(28-16)12-5-3-2-4-11(12)19(23)24/h2-5,8,10,13-14,17,19-20,27,30H,6-7,9,25H2,1H3/t13-,14-,17+,20?/m1/s1. The van der Waals surface area contributed by atoms with Crippen LogP contribution in [0.15, 0.2) is 35.8 Å². The Labute approximate surface area is 187 Å². The van der Waals surface area contributed by atoms with Crippen molar-refractivity contribution in [1.29, 1.82) is 0 Å². The maximum Gasteiger partial charge on any atom is 0.264 e. The molecule has 1 saturated heterocycles. The molecular formula is C21H24F3N5O2S. The Morgan fingerprint density at radius 2 is 2.09 bits per heavy atom. The van der Waals surface area contributed by atoms with Crippen LogP contribution >= 0.6 is 11.3 Å². The number of nitrogens with one attached hydrogen (secondary N) is 1. The third-order valence-electron chi connectivity index (χ3n) is 5.49. The zero-order chi connectivity index (χ0) is 22.8. The molecule has 0 saturated carbocycles. The number of benzene rings is 1.